The number of likely N-dealkylation sites (tertiary alicyclic amines) is 1. The Morgan fingerprint density at radius 2 is 2.00 bits per heavy atom. The summed E-state index contributed by atoms with van der Waals surface area (Å²) in [6.07, 6.45) is 4.32. The lowest BCUT2D eigenvalue weighted by atomic mass is 9.97. The Labute approximate surface area is 203 Å². The summed E-state index contributed by atoms with van der Waals surface area (Å²) in [5.41, 5.74) is 2.99. The zero-order chi connectivity index (χ0) is 24.2. The number of aromatic amines is 1. The van der Waals surface area contributed by atoms with Crippen LogP contribution >= 0.6 is 0 Å². The van der Waals surface area contributed by atoms with Gasteiger partial charge in [-0.15, -0.1) is 0 Å². The number of carbonyl (C=O) groups is 1. The summed E-state index contributed by atoms with van der Waals surface area (Å²) in [6.45, 7) is 1.24. The number of rotatable bonds is 7. The number of amides is 1. The molecule has 0 radical (unpaired) electrons. The number of carbonyl (C=O) groups excluding carboxylic acids is 1. The second kappa shape index (κ2) is 10.0. The topological polar surface area (TPSA) is 93.5 Å². The summed E-state index contributed by atoms with van der Waals surface area (Å²) in [6, 6.07) is 17.4. The Morgan fingerprint density at radius 1 is 1.14 bits per heavy atom. The molecular formula is C27H28N4O4. The minimum absolute atomic E-state index is 0.0677. The van der Waals surface area contributed by atoms with Gasteiger partial charge in [0.2, 0.25) is 0 Å². The van der Waals surface area contributed by atoms with Crippen molar-refractivity contribution >= 4 is 5.91 Å². The standard InChI is InChI=1S/C27H28N4O4/c1-33-20-10-11-25(34-2)22(14-20)23-15-24(30-29-23)27(32)31-12-6-9-19(17-31)26-28-16-21(35-26)13-18-7-4-3-5-8-18/h3-5,7-8,10-11,14-16,19H,6,9,12-13,17H2,1-2H3,(H,29,30)/t19-/m1/s1. The Hall–Kier alpha value is -4.07. The van der Waals surface area contributed by atoms with Crippen LogP contribution < -0.4 is 9.47 Å². The molecule has 1 aliphatic heterocycles. The van der Waals surface area contributed by atoms with Crippen LogP contribution in [0, 0.1) is 0 Å². The molecule has 1 fully saturated rings. The number of hydrogen-bond donors (Lipinski definition) is 1. The molecule has 1 amide bonds. The predicted octanol–water partition coefficient (Wildman–Crippen LogP) is 4.69. The summed E-state index contributed by atoms with van der Waals surface area (Å²) >= 11 is 0. The zero-order valence-corrected chi connectivity index (χ0v) is 19.9. The van der Waals surface area contributed by atoms with Crippen molar-refractivity contribution in [2.75, 3.05) is 27.3 Å². The minimum atomic E-state index is -0.0913. The number of aromatic nitrogens is 3. The van der Waals surface area contributed by atoms with E-state index in [0.29, 0.717) is 48.3 Å². The maximum atomic E-state index is 13.3. The van der Waals surface area contributed by atoms with E-state index in [0.717, 1.165) is 24.2 Å². The molecule has 0 saturated carbocycles. The Kier molecular flexibility index (Phi) is 6.52. The van der Waals surface area contributed by atoms with Crippen molar-refractivity contribution in [3.05, 3.63) is 83.7 Å². The maximum absolute atomic E-state index is 13.3. The third-order valence-corrected chi connectivity index (χ3v) is 6.34. The van der Waals surface area contributed by atoms with Crippen LogP contribution in [0.1, 0.15) is 46.5 Å². The van der Waals surface area contributed by atoms with Crippen LogP contribution in [0.15, 0.2) is 65.2 Å². The highest BCUT2D eigenvalue weighted by molar-refractivity contribution is 5.93. The van der Waals surface area contributed by atoms with Crippen molar-refractivity contribution in [3.63, 3.8) is 0 Å². The third kappa shape index (κ3) is 4.91. The lowest BCUT2D eigenvalue weighted by Crippen LogP contribution is -2.39. The number of methoxy groups -OCH3 is 2. The summed E-state index contributed by atoms with van der Waals surface area (Å²) in [4.78, 5) is 19.7. The van der Waals surface area contributed by atoms with Gasteiger partial charge in [-0.05, 0) is 42.7 Å². The lowest BCUT2D eigenvalue weighted by Gasteiger charge is -2.30. The molecular weight excluding hydrogens is 444 g/mol. The number of piperidine rings is 1. The Balaban J connectivity index is 1.29. The summed E-state index contributed by atoms with van der Waals surface area (Å²) in [7, 11) is 3.21. The largest absolute Gasteiger partial charge is 0.497 e. The molecule has 8 heteroatoms. The van der Waals surface area contributed by atoms with Crippen LogP contribution in [-0.2, 0) is 6.42 Å². The molecule has 1 saturated heterocycles. The third-order valence-electron chi connectivity index (χ3n) is 6.34. The first-order valence-corrected chi connectivity index (χ1v) is 11.7. The lowest BCUT2D eigenvalue weighted by molar-refractivity contribution is 0.0692. The van der Waals surface area contributed by atoms with Crippen LogP contribution in [0.4, 0.5) is 0 Å². The van der Waals surface area contributed by atoms with Gasteiger partial charge in [-0.1, -0.05) is 30.3 Å². The first-order chi connectivity index (χ1) is 17.1. The number of benzene rings is 2. The van der Waals surface area contributed by atoms with Crippen molar-refractivity contribution in [1.82, 2.24) is 20.1 Å². The summed E-state index contributed by atoms with van der Waals surface area (Å²) in [5.74, 6) is 2.85. The molecule has 1 N–H and O–H groups in total. The van der Waals surface area contributed by atoms with Gasteiger partial charge in [0.1, 0.15) is 23.0 Å². The Bertz CT molecular complexity index is 1300. The molecule has 3 heterocycles. The Morgan fingerprint density at radius 3 is 2.80 bits per heavy atom. The van der Waals surface area contributed by atoms with E-state index >= 15 is 0 Å². The van der Waals surface area contributed by atoms with Gasteiger partial charge in [-0.25, -0.2) is 4.98 Å². The SMILES string of the molecule is COc1ccc(OC)c(-c2cc(C(=O)N3CCC[C@@H](c4ncc(Cc5ccccc5)o4)C3)[nH]n2)c1. The van der Waals surface area contributed by atoms with Gasteiger partial charge < -0.3 is 18.8 Å². The van der Waals surface area contributed by atoms with Gasteiger partial charge in [0, 0.05) is 25.1 Å². The first-order valence-electron chi connectivity index (χ1n) is 11.7. The summed E-state index contributed by atoms with van der Waals surface area (Å²) < 4.78 is 16.9. The molecule has 8 nitrogen and oxygen atoms in total. The van der Waals surface area contributed by atoms with Gasteiger partial charge in [0.15, 0.2) is 5.89 Å². The van der Waals surface area contributed by atoms with Gasteiger partial charge in [-0.2, -0.15) is 5.10 Å². The van der Waals surface area contributed by atoms with Gasteiger partial charge >= 0.3 is 0 Å². The van der Waals surface area contributed by atoms with Crippen molar-refractivity contribution < 1.29 is 18.7 Å². The maximum Gasteiger partial charge on any atom is 0.271 e. The van der Waals surface area contributed by atoms with E-state index in [-0.39, 0.29) is 11.8 Å². The van der Waals surface area contributed by atoms with Crippen LogP contribution in [0.3, 0.4) is 0 Å². The summed E-state index contributed by atoms with van der Waals surface area (Å²) in [5, 5.41) is 7.27. The fourth-order valence-corrected chi connectivity index (χ4v) is 4.51. The van der Waals surface area contributed by atoms with Crippen molar-refractivity contribution in [3.8, 4) is 22.8 Å². The fourth-order valence-electron chi connectivity index (χ4n) is 4.51. The first kappa shape index (κ1) is 22.7. The number of hydrogen-bond acceptors (Lipinski definition) is 6. The minimum Gasteiger partial charge on any atom is -0.497 e. The normalized spacial score (nSPS) is 15.7. The average molecular weight is 473 g/mol. The molecule has 4 aromatic rings. The predicted molar refractivity (Wildman–Crippen MR) is 131 cm³/mol. The molecule has 0 bridgehead atoms. The molecule has 180 valence electrons. The van der Waals surface area contributed by atoms with E-state index in [4.69, 9.17) is 13.9 Å². The molecule has 1 aliphatic rings. The second-order valence-electron chi connectivity index (χ2n) is 8.65. The van der Waals surface area contributed by atoms with E-state index < -0.39 is 0 Å². The van der Waals surface area contributed by atoms with Crippen molar-refractivity contribution in [2.45, 2.75) is 25.2 Å². The molecule has 0 unspecified atom stereocenters. The van der Waals surface area contributed by atoms with Crippen LogP contribution in [0.2, 0.25) is 0 Å². The molecule has 35 heavy (non-hydrogen) atoms. The second-order valence-corrected chi connectivity index (χ2v) is 8.65. The van der Waals surface area contributed by atoms with Crippen molar-refractivity contribution in [2.24, 2.45) is 0 Å². The van der Waals surface area contributed by atoms with Gasteiger partial charge in [0.05, 0.1) is 32.0 Å². The van der Waals surface area contributed by atoms with E-state index in [1.165, 1.54) is 5.56 Å². The highest BCUT2D eigenvalue weighted by Crippen LogP contribution is 2.33. The quantitative estimate of drug-likeness (QED) is 0.419. The van der Waals surface area contributed by atoms with Crippen LogP contribution in [0.5, 0.6) is 11.5 Å². The number of oxazole rings is 1. The van der Waals surface area contributed by atoms with E-state index in [1.807, 2.05) is 41.3 Å². The van der Waals surface area contributed by atoms with E-state index in [2.05, 4.69) is 27.3 Å². The number of ether oxygens (including phenoxy) is 2. The molecule has 5 rings (SSSR count). The monoisotopic (exact) mass is 472 g/mol. The van der Waals surface area contributed by atoms with E-state index in [9.17, 15) is 4.79 Å². The van der Waals surface area contributed by atoms with E-state index in [1.54, 1.807) is 26.5 Å². The average Bonchev–Trinajstić information content (AvgIpc) is 3.59. The molecule has 1 atom stereocenters. The smallest absolute Gasteiger partial charge is 0.271 e. The number of nitrogens with zero attached hydrogens (tertiary/aromatic N) is 3. The number of nitrogens with one attached hydrogen (secondary N) is 1. The van der Waals surface area contributed by atoms with Crippen molar-refractivity contribution in [1.29, 1.82) is 0 Å². The number of H-pyrrole nitrogens is 1. The fraction of sp³-hybridized carbons (Fsp3) is 0.296. The highest BCUT2D eigenvalue weighted by atomic mass is 16.5. The zero-order valence-electron chi connectivity index (χ0n) is 19.9. The highest BCUT2D eigenvalue weighted by Gasteiger charge is 2.29. The molecule has 0 spiro atoms. The molecule has 0 aliphatic carbocycles. The molecule has 2 aromatic carbocycles. The van der Waals surface area contributed by atoms with Gasteiger partial charge in [0.25, 0.3) is 5.91 Å². The molecule has 2 aromatic heterocycles. The van der Waals surface area contributed by atoms with Crippen LogP contribution in [0.25, 0.3) is 11.3 Å². The van der Waals surface area contributed by atoms with Gasteiger partial charge in [-0.3, -0.25) is 9.89 Å². The van der Waals surface area contributed by atoms with Crippen LogP contribution in [-0.4, -0.2) is 53.3 Å².